The van der Waals surface area contributed by atoms with Crippen molar-refractivity contribution in [3.05, 3.63) is 45.9 Å². The van der Waals surface area contributed by atoms with E-state index in [2.05, 4.69) is 22.2 Å². The first-order valence-electron chi connectivity index (χ1n) is 8.56. The molecule has 138 valence electrons. The number of aromatic nitrogens is 1. The van der Waals surface area contributed by atoms with Crippen LogP contribution in [0.15, 0.2) is 29.6 Å². The van der Waals surface area contributed by atoms with E-state index in [4.69, 9.17) is 5.73 Å². The van der Waals surface area contributed by atoms with Crippen molar-refractivity contribution >= 4 is 28.8 Å². The van der Waals surface area contributed by atoms with Crippen LogP contribution >= 0.6 is 11.3 Å². The van der Waals surface area contributed by atoms with Crippen molar-refractivity contribution in [2.24, 2.45) is 5.73 Å². The second kappa shape index (κ2) is 8.39. The molecular weight excluding hydrogens is 350 g/mol. The molecule has 2 aromatic rings. The number of likely N-dealkylation sites (N-methyl/N-ethyl adjacent to an activating group) is 1. The summed E-state index contributed by atoms with van der Waals surface area (Å²) in [5.41, 5.74) is 7.42. The number of thiazole rings is 1. The molecule has 1 aliphatic rings. The summed E-state index contributed by atoms with van der Waals surface area (Å²) < 4.78 is 0. The Bertz CT molecular complexity index is 783. The SMILES string of the molecule is CN1CCN(C(=O)Cc2cccc(NC(=O)c3csc(CN)n3)c2)CC1. The zero-order chi connectivity index (χ0) is 18.5. The molecule has 0 aliphatic carbocycles. The number of anilines is 1. The van der Waals surface area contributed by atoms with E-state index in [-0.39, 0.29) is 11.8 Å². The summed E-state index contributed by atoms with van der Waals surface area (Å²) in [6.45, 7) is 3.65. The molecule has 3 N–H and O–H groups in total. The topological polar surface area (TPSA) is 91.6 Å². The monoisotopic (exact) mass is 373 g/mol. The fourth-order valence-electron chi connectivity index (χ4n) is 2.81. The first kappa shape index (κ1) is 18.5. The van der Waals surface area contributed by atoms with Gasteiger partial charge in [-0.25, -0.2) is 4.98 Å². The predicted molar refractivity (Wildman–Crippen MR) is 102 cm³/mol. The number of piperazine rings is 1. The second-order valence-corrected chi connectivity index (χ2v) is 7.29. The first-order chi connectivity index (χ1) is 12.5. The molecular formula is C18H23N5O2S. The molecule has 3 rings (SSSR count). The third-order valence-electron chi connectivity index (χ3n) is 4.36. The lowest BCUT2D eigenvalue weighted by Crippen LogP contribution is -2.47. The molecule has 26 heavy (non-hydrogen) atoms. The number of hydrogen-bond acceptors (Lipinski definition) is 6. The molecule has 0 atom stereocenters. The minimum absolute atomic E-state index is 0.119. The molecule has 0 bridgehead atoms. The zero-order valence-electron chi connectivity index (χ0n) is 14.8. The number of carbonyl (C=O) groups is 2. The summed E-state index contributed by atoms with van der Waals surface area (Å²) in [5, 5.41) is 5.24. The maximum absolute atomic E-state index is 12.5. The van der Waals surface area contributed by atoms with E-state index in [1.54, 1.807) is 11.4 Å². The van der Waals surface area contributed by atoms with Gasteiger partial charge < -0.3 is 20.9 Å². The third kappa shape index (κ3) is 4.66. The summed E-state index contributed by atoms with van der Waals surface area (Å²) in [5.74, 6) is -0.155. The number of nitrogens with zero attached hydrogens (tertiary/aromatic N) is 3. The summed E-state index contributed by atoms with van der Waals surface area (Å²) in [7, 11) is 2.06. The van der Waals surface area contributed by atoms with Crippen molar-refractivity contribution in [1.82, 2.24) is 14.8 Å². The Balaban J connectivity index is 1.60. The van der Waals surface area contributed by atoms with Gasteiger partial charge in [-0.05, 0) is 24.7 Å². The molecule has 0 unspecified atom stereocenters. The van der Waals surface area contributed by atoms with Gasteiger partial charge >= 0.3 is 0 Å². The average Bonchev–Trinajstić information content (AvgIpc) is 3.12. The fraction of sp³-hybridized carbons (Fsp3) is 0.389. The highest BCUT2D eigenvalue weighted by molar-refractivity contribution is 7.09. The Morgan fingerprint density at radius 3 is 2.73 bits per heavy atom. The standard InChI is InChI=1S/C18H23N5O2S/c1-22-5-7-23(8-6-22)17(24)10-13-3-2-4-14(9-13)20-18(25)15-12-26-16(11-19)21-15/h2-4,9,12H,5-8,10-11,19H2,1H3,(H,20,25). The molecule has 1 saturated heterocycles. The number of rotatable bonds is 5. The van der Waals surface area contributed by atoms with Crippen molar-refractivity contribution in [2.75, 3.05) is 38.5 Å². The lowest BCUT2D eigenvalue weighted by molar-refractivity contribution is -0.132. The average molecular weight is 373 g/mol. The van der Waals surface area contributed by atoms with Crippen molar-refractivity contribution in [3.8, 4) is 0 Å². The van der Waals surface area contributed by atoms with Gasteiger partial charge in [-0.2, -0.15) is 0 Å². The smallest absolute Gasteiger partial charge is 0.275 e. The van der Waals surface area contributed by atoms with Gasteiger partial charge in [0.25, 0.3) is 5.91 Å². The zero-order valence-corrected chi connectivity index (χ0v) is 15.6. The van der Waals surface area contributed by atoms with Crippen LogP contribution in [0.4, 0.5) is 5.69 Å². The Morgan fingerprint density at radius 2 is 2.04 bits per heavy atom. The molecule has 8 heteroatoms. The number of nitrogens with two attached hydrogens (primary N) is 1. The lowest BCUT2D eigenvalue weighted by Gasteiger charge is -2.32. The van der Waals surface area contributed by atoms with Gasteiger partial charge in [0, 0.05) is 43.8 Å². The van der Waals surface area contributed by atoms with Crippen LogP contribution in [0.2, 0.25) is 0 Å². The number of amides is 2. The highest BCUT2D eigenvalue weighted by Crippen LogP contribution is 2.15. The lowest BCUT2D eigenvalue weighted by atomic mass is 10.1. The van der Waals surface area contributed by atoms with E-state index < -0.39 is 0 Å². The Labute approximate surface area is 156 Å². The van der Waals surface area contributed by atoms with E-state index in [9.17, 15) is 9.59 Å². The van der Waals surface area contributed by atoms with Crippen molar-refractivity contribution in [1.29, 1.82) is 0 Å². The van der Waals surface area contributed by atoms with Gasteiger partial charge in [0.2, 0.25) is 5.91 Å². The van der Waals surface area contributed by atoms with Gasteiger partial charge in [-0.3, -0.25) is 9.59 Å². The first-order valence-corrected chi connectivity index (χ1v) is 9.44. The van der Waals surface area contributed by atoms with Crippen molar-refractivity contribution < 1.29 is 9.59 Å². The Morgan fingerprint density at radius 1 is 1.27 bits per heavy atom. The highest BCUT2D eigenvalue weighted by atomic mass is 32.1. The van der Waals surface area contributed by atoms with Crippen LogP contribution in [-0.4, -0.2) is 59.8 Å². The maximum atomic E-state index is 12.5. The summed E-state index contributed by atoms with van der Waals surface area (Å²) in [4.78, 5) is 33.0. The van der Waals surface area contributed by atoms with Crippen LogP contribution in [-0.2, 0) is 17.8 Å². The molecule has 1 aliphatic heterocycles. The molecule has 1 aromatic carbocycles. The molecule has 0 radical (unpaired) electrons. The Hall–Kier alpha value is -2.29. The predicted octanol–water partition coefficient (Wildman–Crippen LogP) is 1.17. The summed E-state index contributed by atoms with van der Waals surface area (Å²) in [6.07, 6.45) is 0.335. The van der Waals surface area contributed by atoms with Crippen LogP contribution in [0.25, 0.3) is 0 Å². The van der Waals surface area contributed by atoms with E-state index in [1.807, 2.05) is 23.1 Å². The second-order valence-electron chi connectivity index (χ2n) is 6.35. The van der Waals surface area contributed by atoms with Gasteiger partial charge in [0.05, 0.1) is 6.42 Å². The van der Waals surface area contributed by atoms with E-state index in [0.717, 1.165) is 36.8 Å². The normalized spacial score (nSPS) is 15.1. The Kier molecular flexibility index (Phi) is 5.97. The third-order valence-corrected chi connectivity index (χ3v) is 5.23. The van der Waals surface area contributed by atoms with Crippen molar-refractivity contribution in [3.63, 3.8) is 0 Å². The van der Waals surface area contributed by atoms with E-state index >= 15 is 0 Å². The number of hydrogen-bond donors (Lipinski definition) is 2. The van der Waals surface area contributed by atoms with Gasteiger partial charge in [0.1, 0.15) is 10.7 Å². The molecule has 1 fully saturated rings. The van der Waals surface area contributed by atoms with Gasteiger partial charge in [-0.15, -0.1) is 11.3 Å². The minimum atomic E-state index is -0.275. The van der Waals surface area contributed by atoms with Crippen LogP contribution in [0.5, 0.6) is 0 Å². The molecule has 0 saturated carbocycles. The summed E-state index contributed by atoms with van der Waals surface area (Å²) in [6, 6.07) is 7.38. The molecule has 2 heterocycles. The van der Waals surface area contributed by atoms with Crippen LogP contribution < -0.4 is 11.1 Å². The largest absolute Gasteiger partial charge is 0.340 e. The van der Waals surface area contributed by atoms with Crippen LogP contribution in [0, 0.1) is 0 Å². The molecule has 1 aromatic heterocycles. The minimum Gasteiger partial charge on any atom is -0.340 e. The number of carbonyl (C=O) groups excluding carboxylic acids is 2. The number of benzene rings is 1. The van der Waals surface area contributed by atoms with E-state index in [1.165, 1.54) is 11.3 Å². The molecule has 2 amide bonds. The van der Waals surface area contributed by atoms with Crippen LogP contribution in [0.3, 0.4) is 0 Å². The quantitative estimate of drug-likeness (QED) is 0.821. The maximum Gasteiger partial charge on any atom is 0.275 e. The van der Waals surface area contributed by atoms with E-state index in [0.29, 0.717) is 24.3 Å². The summed E-state index contributed by atoms with van der Waals surface area (Å²) >= 11 is 1.37. The number of nitrogens with one attached hydrogen (secondary N) is 1. The highest BCUT2D eigenvalue weighted by Gasteiger charge is 2.19. The van der Waals surface area contributed by atoms with Gasteiger partial charge in [-0.1, -0.05) is 12.1 Å². The van der Waals surface area contributed by atoms with Gasteiger partial charge in [0.15, 0.2) is 0 Å². The fourth-order valence-corrected chi connectivity index (χ4v) is 3.46. The van der Waals surface area contributed by atoms with Crippen LogP contribution in [0.1, 0.15) is 21.1 Å². The molecule has 7 nitrogen and oxygen atoms in total. The molecule has 0 spiro atoms. The van der Waals surface area contributed by atoms with Crippen molar-refractivity contribution in [2.45, 2.75) is 13.0 Å².